The van der Waals surface area contributed by atoms with E-state index < -0.39 is 41.5 Å². The average molecular weight is 1260 g/mol. The fourth-order valence-corrected chi connectivity index (χ4v) is 11.7. The number of hydrogen-bond donors (Lipinski definition) is 5. The van der Waals surface area contributed by atoms with Crippen LogP contribution in [-0.2, 0) is 70.4 Å². The van der Waals surface area contributed by atoms with Crippen molar-refractivity contribution in [2.24, 2.45) is 35.0 Å². The summed E-state index contributed by atoms with van der Waals surface area (Å²) in [6.07, 6.45) is 7.93. The first-order chi connectivity index (χ1) is 42.8. The van der Waals surface area contributed by atoms with Gasteiger partial charge in [0.05, 0.1) is 48.1 Å². The van der Waals surface area contributed by atoms with Crippen LogP contribution in [0.15, 0.2) is 60.8 Å². The molecule has 90 heavy (non-hydrogen) atoms. The van der Waals surface area contributed by atoms with Gasteiger partial charge in [-0.15, -0.1) is 0 Å². The molecule has 2 aliphatic rings. The highest BCUT2D eigenvalue weighted by Gasteiger charge is 2.47. The molecule has 506 valence electrons. The molecule has 3 aromatic rings. The number of carbonyl (C=O) groups is 9. The van der Waals surface area contributed by atoms with Gasteiger partial charge in [0.2, 0.25) is 41.4 Å². The lowest BCUT2D eigenvalue weighted by atomic mass is 9.86. The maximum Gasteiger partial charge on any atom is 0.329 e. The Morgan fingerprint density at radius 3 is 1.97 bits per heavy atom. The van der Waals surface area contributed by atoms with Crippen molar-refractivity contribution in [1.29, 1.82) is 0 Å². The number of ketones is 1. The normalized spacial score (nSPS) is 18.1. The van der Waals surface area contributed by atoms with Crippen LogP contribution < -0.4 is 21.5 Å². The van der Waals surface area contributed by atoms with E-state index in [1.54, 1.807) is 21.1 Å². The summed E-state index contributed by atoms with van der Waals surface area (Å²) in [5.74, 6) is -1.95. The molecule has 5 N–H and O–H groups in total. The Hall–Kier alpha value is -6.51. The quantitative estimate of drug-likeness (QED) is 0.0165. The molecule has 2 saturated heterocycles. The number of hydrazine groups is 1. The van der Waals surface area contributed by atoms with E-state index in [-0.39, 0.29) is 116 Å². The first kappa shape index (κ1) is 79.6. The number of Topliss-reactive ketones (excluding diaryl/α,β-unsaturated/α-hetero) is 1. The molecule has 0 spiro atoms. The minimum absolute atomic E-state index is 0.00533. The molecule has 2 aromatic carbocycles. The number of likely N-dealkylation sites (tertiary alicyclic amines) is 2. The van der Waals surface area contributed by atoms with Gasteiger partial charge in [-0.2, -0.15) is 0 Å². The Balaban J connectivity index is 0.000000587. The second-order valence-corrected chi connectivity index (χ2v) is 24.7. The Bertz CT molecular complexity index is 2700. The number of ether oxygens (including phenoxy) is 3. The van der Waals surface area contributed by atoms with E-state index in [4.69, 9.17) is 14.2 Å². The zero-order valence-electron chi connectivity index (χ0n) is 57.9. The van der Waals surface area contributed by atoms with Crippen molar-refractivity contribution in [3.63, 3.8) is 0 Å². The van der Waals surface area contributed by atoms with Crippen molar-refractivity contribution >= 4 is 64.0 Å². The Labute approximate surface area is 538 Å². The molecule has 3 heterocycles. The average Bonchev–Trinajstić information content (AvgIpc) is 1.77. The third-order valence-electron chi connectivity index (χ3n) is 17.6. The zero-order chi connectivity index (χ0) is 67.8. The summed E-state index contributed by atoms with van der Waals surface area (Å²) in [4.78, 5) is 123. The van der Waals surface area contributed by atoms with Crippen molar-refractivity contribution in [3.8, 4) is 0 Å². The number of carbonyl (C=O) groups excluding carboxylic acids is 9. The molecule has 10 atom stereocenters. The lowest BCUT2D eigenvalue weighted by Gasteiger charge is -2.35. The smallest absolute Gasteiger partial charge is 0.329 e. The van der Waals surface area contributed by atoms with E-state index >= 15 is 0 Å². The number of methoxy groups -OCH3 is 2. The Morgan fingerprint density at radius 2 is 1.40 bits per heavy atom. The van der Waals surface area contributed by atoms with E-state index in [9.17, 15) is 43.2 Å². The third kappa shape index (κ3) is 24.3. The van der Waals surface area contributed by atoms with Crippen LogP contribution in [0.5, 0.6) is 0 Å². The second-order valence-electron chi connectivity index (χ2n) is 24.7. The van der Waals surface area contributed by atoms with E-state index in [1.165, 1.54) is 11.8 Å². The van der Waals surface area contributed by atoms with Crippen LogP contribution in [0.25, 0.3) is 10.9 Å². The van der Waals surface area contributed by atoms with Crippen LogP contribution in [-0.4, -0.2) is 150 Å². The second kappa shape index (κ2) is 41.1. The molecule has 5 rings (SSSR count). The zero-order valence-corrected chi connectivity index (χ0v) is 57.9. The predicted octanol–water partition coefficient (Wildman–Crippen LogP) is 10.1. The molecule has 2 fully saturated rings. The molecule has 0 saturated carbocycles. The first-order valence-corrected chi connectivity index (χ1v) is 33.2. The fourth-order valence-electron chi connectivity index (χ4n) is 11.7. The number of H-pyrrole nitrogens is 1. The number of aromatic amines is 1. The van der Waals surface area contributed by atoms with Gasteiger partial charge in [0, 0.05) is 70.1 Å². The third-order valence-corrected chi connectivity index (χ3v) is 17.6. The van der Waals surface area contributed by atoms with Gasteiger partial charge in [0.25, 0.3) is 0 Å². The summed E-state index contributed by atoms with van der Waals surface area (Å²) in [6.45, 7) is 30.7. The number of para-hydroxylation sites is 1. The van der Waals surface area contributed by atoms with Gasteiger partial charge in [0.15, 0.2) is 5.78 Å². The monoisotopic (exact) mass is 1260 g/mol. The van der Waals surface area contributed by atoms with Gasteiger partial charge in [0.1, 0.15) is 12.6 Å². The van der Waals surface area contributed by atoms with Gasteiger partial charge in [-0.3, -0.25) is 59.0 Å². The maximum atomic E-state index is 13.8. The fraction of sp³-hybridized carbons (Fsp3) is 0.671. The van der Waals surface area contributed by atoms with Crippen LogP contribution in [0, 0.1) is 35.0 Å². The lowest BCUT2D eigenvalue weighted by Crippen LogP contribution is -2.54. The van der Waals surface area contributed by atoms with Crippen molar-refractivity contribution in [3.05, 3.63) is 71.9 Å². The molecular weight excluding hydrogens is 1140 g/mol. The van der Waals surface area contributed by atoms with Gasteiger partial charge in [-0.05, 0) is 99.9 Å². The van der Waals surface area contributed by atoms with Crippen molar-refractivity contribution in [1.82, 2.24) is 41.2 Å². The molecule has 2 aliphatic heterocycles. The number of fused-ring (bicyclic) bond motifs is 1. The van der Waals surface area contributed by atoms with E-state index in [0.717, 1.165) is 41.3 Å². The van der Waals surface area contributed by atoms with Crippen LogP contribution in [0.4, 0.5) is 0 Å². The molecule has 1 aromatic heterocycles. The molecule has 0 bridgehead atoms. The number of rotatable bonds is 33. The van der Waals surface area contributed by atoms with E-state index in [2.05, 4.69) is 47.2 Å². The number of amides is 7. The molecule has 7 amide bonds. The Kier molecular flexibility index (Phi) is 36.3. The SMILES string of the molecule is CC.CC.CCC(C)[C@H](C)C(CC(=O)N1CCCC1C(OC)C(C)C(=O)N[C@@H](Cc1c[nH]c2ccccc12)C(=O)OCc1ccccc1)OC.CCC1(C)CC(=O)N(CCCCCC(=O)NNC(=O)CCCN(C)C(C(=O)N[C@H](C(C)=O)C(C)C)C(C)C)C1=O. The number of nitrogens with one attached hydrogen (secondary N) is 5. The first-order valence-electron chi connectivity index (χ1n) is 33.2. The molecular formula is C70H114N8O12. The number of likely N-dealkylation sites (N-methyl/N-ethyl adjacent to an activating group) is 1. The van der Waals surface area contributed by atoms with Crippen molar-refractivity contribution in [2.45, 2.75) is 230 Å². The predicted molar refractivity (Wildman–Crippen MR) is 354 cm³/mol. The Morgan fingerprint density at radius 1 is 0.778 bits per heavy atom. The van der Waals surface area contributed by atoms with Gasteiger partial charge < -0.3 is 34.7 Å². The van der Waals surface area contributed by atoms with Crippen LogP contribution in [0.1, 0.15) is 192 Å². The van der Waals surface area contributed by atoms with Gasteiger partial charge >= 0.3 is 5.97 Å². The number of hydrogen-bond acceptors (Lipinski definition) is 13. The summed E-state index contributed by atoms with van der Waals surface area (Å²) in [5.41, 5.74) is 6.97. The molecule has 20 nitrogen and oxygen atoms in total. The van der Waals surface area contributed by atoms with E-state index in [1.807, 2.05) is 147 Å². The summed E-state index contributed by atoms with van der Waals surface area (Å²) in [6, 6.07) is 15.2. The standard InChI is InChI=1S/C37H51N3O6.C29H51N5O6.2C2H6/c1-7-24(2)25(3)33(44-5)21-34(41)40-19-13-18-32(40)35(45-6)26(4)36(42)39-31(37(43)46-23-27-14-9-8-10-15-27)20-28-22-38-30-17-12-11-16-29(28)30;1-9-29(7)18-24(38)34(28(29)40)17-12-10-11-14-22(36)31-32-23(37)15-13-16-33(8)26(20(4)5)27(39)30-25(19(2)3)21(6)35;2*1-2/h8-12,14-17,22,24-26,31-33,35,38H,7,13,18-21,23H2,1-6H3,(H,39,42);19-20,25-26H,9-18H2,1-8H3,(H,30,39)(H,31,36)(H,32,37);2*1-2H3/t24?,25-,26?,31-,32?,33?,35?;25-,26?,29?;;/m00../s1. The molecule has 7 unspecified atom stereocenters. The number of esters is 1. The summed E-state index contributed by atoms with van der Waals surface area (Å²) >= 11 is 0. The molecule has 0 aliphatic carbocycles. The number of nitrogens with zero attached hydrogens (tertiary/aromatic N) is 3. The van der Waals surface area contributed by atoms with E-state index in [0.29, 0.717) is 57.7 Å². The highest BCUT2D eigenvalue weighted by atomic mass is 16.5. The largest absolute Gasteiger partial charge is 0.459 e. The summed E-state index contributed by atoms with van der Waals surface area (Å²) < 4.78 is 17.4. The summed E-state index contributed by atoms with van der Waals surface area (Å²) in [7, 11) is 5.07. The molecule has 20 heteroatoms. The molecule has 0 radical (unpaired) electrons. The maximum absolute atomic E-state index is 13.8. The van der Waals surface area contributed by atoms with Crippen LogP contribution in [0.3, 0.4) is 0 Å². The minimum Gasteiger partial charge on any atom is -0.459 e. The number of benzene rings is 2. The van der Waals surface area contributed by atoms with Gasteiger partial charge in [-0.25, -0.2) is 4.79 Å². The number of unbranched alkanes of at least 4 members (excludes halogenated alkanes) is 2. The number of aromatic nitrogens is 1. The lowest BCUT2D eigenvalue weighted by molar-refractivity contribution is -0.150. The highest BCUT2D eigenvalue weighted by Crippen LogP contribution is 2.36. The summed E-state index contributed by atoms with van der Waals surface area (Å²) in [5, 5.41) is 6.84. The highest BCUT2D eigenvalue weighted by molar-refractivity contribution is 6.05. The number of imide groups is 1. The topological polar surface area (TPSA) is 255 Å². The van der Waals surface area contributed by atoms with Crippen LogP contribution in [0.2, 0.25) is 0 Å². The van der Waals surface area contributed by atoms with Gasteiger partial charge in [-0.1, -0.05) is 158 Å². The minimum atomic E-state index is -0.916. The van der Waals surface area contributed by atoms with Crippen molar-refractivity contribution in [2.75, 3.05) is 40.9 Å². The van der Waals surface area contributed by atoms with Crippen LogP contribution >= 0.6 is 0 Å². The van der Waals surface area contributed by atoms with Crippen molar-refractivity contribution < 1.29 is 57.4 Å².